The standard InChI is InChI=1S/C18H25FN4O5/c1-22(2)18(27)23(3)11-14(15(24)9-19)21-16(25)10-20-17(26)28-12-13-7-5-4-6-8-13/h4-8,14H,9-12H2,1-3H3,(H,20,26)(H,21,25). The maximum atomic E-state index is 12.8. The van der Waals surface area contributed by atoms with E-state index in [-0.39, 0.29) is 13.2 Å². The summed E-state index contributed by atoms with van der Waals surface area (Å²) in [5, 5.41) is 4.55. The van der Waals surface area contributed by atoms with Crippen LogP contribution in [0.5, 0.6) is 0 Å². The normalized spacial score (nSPS) is 11.1. The lowest BCUT2D eigenvalue weighted by atomic mass is 10.2. The molecule has 1 unspecified atom stereocenters. The minimum atomic E-state index is -1.29. The molecule has 0 bridgehead atoms. The molecule has 0 aliphatic rings. The molecule has 0 aliphatic heterocycles. The topological polar surface area (TPSA) is 108 Å². The van der Waals surface area contributed by atoms with Gasteiger partial charge in [0.2, 0.25) is 5.91 Å². The number of amides is 4. The van der Waals surface area contributed by atoms with Gasteiger partial charge in [0.25, 0.3) is 0 Å². The van der Waals surface area contributed by atoms with Crippen LogP contribution in [0.15, 0.2) is 30.3 Å². The third-order valence-corrected chi connectivity index (χ3v) is 3.63. The number of Topliss-reactive ketones (excluding diaryl/α,β-unsaturated/α-hetero) is 1. The minimum absolute atomic E-state index is 0.0364. The van der Waals surface area contributed by atoms with Crippen molar-refractivity contribution in [2.75, 3.05) is 40.9 Å². The fraction of sp³-hybridized carbons (Fsp3) is 0.444. The second kappa shape index (κ2) is 11.5. The van der Waals surface area contributed by atoms with Gasteiger partial charge in [0.05, 0.1) is 0 Å². The number of urea groups is 1. The van der Waals surface area contributed by atoms with Gasteiger partial charge < -0.3 is 25.2 Å². The summed E-state index contributed by atoms with van der Waals surface area (Å²) in [6.45, 7) is -1.92. The first-order chi connectivity index (χ1) is 13.2. The van der Waals surface area contributed by atoms with Crippen LogP contribution in [0.3, 0.4) is 0 Å². The van der Waals surface area contributed by atoms with Gasteiger partial charge in [-0.3, -0.25) is 9.59 Å². The molecule has 1 atom stereocenters. The molecule has 0 aliphatic carbocycles. The lowest BCUT2D eigenvalue weighted by molar-refractivity contribution is -0.128. The fourth-order valence-electron chi connectivity index (χ4n) is 2.19. The van der Waals surface area contributed by atoms with E-state index >= 15 is 0 Å². The largest absolute Gasteiger partial charge is 0.445 e. The Morgan fingerprint density at radius 2 is 1.75 bits per heavy atom. The van der Waals surface area contributed by atoms with E-state index in [0.717, 1.165) is 5.56 Å². The molecule has 0 saturated heterocycles. The van der Waals surface area contributed by atoms with Crippen molar-refractivity contribution in [2.24, 2.45) is 0 Å². The number of alkyl halides is 1. The van der Waals surface area contributed by atoms with Gasteiger partial charge in [0, 0.05) is 27.7 Å². The predicted molar refractivity (Wildman–Crippen MR) is 99.3 cm³/mol. The number of hydrogen-bond donors (Lipinski definition) is 2. The molecular weight excluding hydrogens is 371 g/mol. The first-order valence-electron chi connectivity index (χ1n) is 8.49. The summed E-state index contributed by atoms with van der Waals surface area (Å²) >= 11 is 0. The number of hydrogen-bond acceptors (Lipinski definition) is 5. The Hall–Kier alpha value is -3.17. The molecule has 0 radical (unpaired) electrons. The molecule has 0 fully saturated rings. The number of ether oxygens (including phenoxy) is 1. The second-order valence-electron chi connectivity index (χ2n) is 6.19. The van der Waals surface area contributed by atoms with Gasteiger partial charge in [0.1, 0.15) is 25.9 Å². The Morgan fingerprint density at radius 1 is 1.11 bits per heavy atom. The van der Waals surface area contributed by atoms with Crippen molar-refractivity contribution in [1.82, 2.24) is 20.4 Å². The van der Waals surface area contributed by atoms with Crippen LogP contribution >= 0.6 is 0 Å². The van der Waals surface area contributed by atoms with Crippen LogP contribution < -0.4 is 10.6 Å². The molecule has 1 rings (SSSR count). The molecule has 0 saturated carbocycles. The molecule has 28 heavy (non-hydrogen) atoms. The SMILES string of the molecule is CN(C)C(=O)N(C)CC(NC(=O)CNC(=O)OCc1ccccc1)C(=O)CF. The maximum Gasteiger partial charge on any atom is 0.407 e. The van der Waals surface area contributed by atoms with Gasteiger partial charge in [0.15, 0.2) is 5.78 Å². The van der Waals surface area contributed by atoms with Crippen molar-refractivity contribution in [3.63, 3.8) is 0 Å². The fourth-order valence-corrected chi connectivity index (χ4v) is 2.19. The number of rotatable bonds is 9. The number of nitrogens with one attached hydrogen (secondary N) is 2. The number of alkyl carbamates (subject to hydrolysis) is 1. The van der Waals surface area contributed by atoms with Gasteiger partial charge in [-0.05, 0) is 5.56 Å². The Labute approximate surface area is 162 Å². The van der Waals surface area contributed by atoms with E-state index in [1.54, 1.807) is 24.3 Å². The highest BCUT2D eigenvalue weighted by Gasteiger charge is 2.24. The smallest absolute Gasteiger partial charge is 0.407 e. The number of halogens is 1. The highest BCUT2D eigenvalue weighted by Crippen LogP contribution is 2.00. The zero-order valence-corrected chi connectivity index (χ0v) is 16.1. The van der Waals surface area contributed by atoms with Crippen molar-refractivity contribution in [2.45, 2.75) is 12.6 Å². The monoisotopic (exact) mass is 396 g/mol. The first kappa shape index (κ1) is 22.9. The van der Waals surface area contributed by atoms with Crippen LogP contribution in [0.4, 0.5) is 14.0 Å². The van der Waals surface area contributed by atoms with Gasteiger partial charge >= 0.3 is 12.1 Å². The number of likely N-dealkylation sites (N-methyl/N-ethyl adjacent to an activating group) is 1. The quantitative estimate of drug-likeness (QED) is 0.634. The molecule has 1 aromatic rings. The maximum absolute atomic E-state index is 12.8. The summed E-state index contributed by atoms with van der Waals surface area (Å²) < 4.78 is 17.7. The van der Waals surface area contributed by atoms with Gasteiger partial charge in [-0.15, -0.1) is 0 Å². The molecule has 1 aromatic carbocycles. The number of ketones is 1. The lowest BCUT2D eigenvalue weighted by Gasteiger charge is -2.26. The number of carbonyl (C=O) groups is 4. The molecule has 10 heteroatoms. The summed E-state index contributed by atoms with van der Waals surface area (Å²) in [5.41, 5.74) is 0.782. The van der Waals surface area contributed by atoms with Crippen LogP contribution in [0, 0.1) is 0 Å². The summed E-state index contributed by atoms with van der Waals surface area (Å²) in [6.07, 6.45) is -0.813. The summed E-state index contributed by atoms with van der Waals surface area (Å²) in [7, 11) is 4.47. The van der Waals surface area contributed by atoms with Crippen LogP contribution in [-0.4, -0.2) is 80.6 Å². The van der Waals surface area contributed by atoms with Gasteiger partial charge in [-0.1, -0.05) is 30.3 Å². The van der Waals surface area contributed by atoms with Gasteiger partial charge in [-0.2, -0.15) is 0 Å². The van der Waals surface area contributed by atoms with E-state index in [4.69, 9.17) is 4.74 Å². The summed E-state index contributed by atoms with van der Waals surface area (Å²) in [5.74, 6) is -1.59. The third-order valence-electron chi connectivity index (χ3n) is 3.63. The number of nitrogens with zero attached hydrogens (tertiary/aromatic N) is 2. The van der Waals surface area contributed by atoms with E-state index in [1.807, 2.05) is 6.07 Å². The van der Waals surface area contributed by atoms with Crippen LogP contribution in [-0.2, 0) is 20.9 Å². The highest BCUT2D eigenvalue weighted by atomic mass is 19.1. The van der Waals surface area contributed by atoms with Crippen molar-refractivity contribution in [3.8, 4) is 0 Å². The van der Waals surface area contributed by atoms with Crippen molar-refractivity contribution < 1.29 is 28.3 Å². The van der Waals surface area contributed by atoms with E-state index in [1.165, 1.54) is 30.9 Å². The third kappa shape index (κ3) is 8.02. The molecular formula is C18H25FN4O5. The molecule has 0 spiro atoms. The average molecular weight is 396 g/mol. The Kier molecular flexibility index (Phi) is 9.41. The van der Waals surface area contributed by atoms with E-state index < -0.39 is 43.1 Å². The van der Waals surface area contributed by atoms with Crippen LogP contribution in [0.2, 0.25) is 0 Å². The second-order valence-corrected chi connectivity index (χ2v) is 6.19. The molecule has 2 N–H and O–H groups in total. The highest BCUT2D eigenvalue weighted by molar-refractivity contribution is 5.91. The summed E-state index contributed by atoms with van der Waals surface area (Å²) in [6, 6.07) is 7.33. The van der Waals surface area contributed by atoms with Crippen LogP contribution in [0.1, 0.15) is 5.56 Å². The van der Waals surface area contributed by atoms with Gasteiger partial charge in [-0.25, -0.2) is 14.0 Å². The van der Waals surface area contributed by atoms with Crippen LogP contribution in [0.25, 0.3) is 0 Å². The molecule has 154 valence electrons. The molecule has 0 aromatic heterocycles. The first-order valence-corrected chi connectivity index (χ1v) is 8.49. The van der Waals surface area contributed by atoms with Crippen molar-refractivity contribution >= 4 is 23.8 Å². The molecule has 4 amide bonds. The van der Waals surface area contributed by atoms with Crippen molar-refractivity contribution in [1.29, 1.82) is 0 Å². The predicted octanol–water partition coefficient (Wildman–Crippen LogP) is 0.550. The number of carbonyl (C=O) groups excluding carboxylic acids is 4. The Bertz CT molecular complexity index is 684. The Balaban J connectivity index is 2.48. The number of benzene rings is 1. The van der Waals surface area contributed by atoms with E-state index in [9.17, 15) is 23.6 Å². The zero-order valence-electron chi connectivity index (χ0n) is 16.1. The lowest BCUT2D eigenvalue weighted by Crippen LogP contribution is -2.52. The summed E-state index contributed by atoms with van der Waals surface area (Å²) in [4.78, 5) is 49.6. The zero-order chi connectivity index (χ0) is 21.1. The molecule has 0 heterocycles. The van der Waals surface area contributed by atoms with E-state index in [0.29, 0.717) is 0 Å². The minimum Gasteiger partial charge on any atom is -0.445 e. The average Bonchev–Trinajstić information content (AvgIpc) is 2.69. The van der Waals surface area contributed by atoms with Crippen molar-refractivity contribution in [3.05, 3.63) is 35.9 Å². The Morgan fingerprint density at radius 3 is 2.32 bits per heavy atom. The van der Waals surface area contributed by atoms with E-state index in [2.05, 4.69) is 10.6 Å². The molecule has 9 nitrogen and oxygen atoms in total.